The van der Waals surface area contributed by atoms with E-state index in [9.17, 15) is 0 Å². The van der Waals surface area contributed by atoms with Crippen LogP contribution in [0.25, 0.3) is 0 Å². The van der Waals surface area contributed by atoms with Crippen molar-refractivity contribution in [3.63, 3.8) is 0 Å². The number of anilines is 1. The maximum absolute atomic E-state index is 5.99. The number of para-hydroxylation sites is 1. The molecular formula is C12H14ClN3O. The topological polar surface area (TPSA) is 53.1 Å². The van der Waals surface area contributed by atoms with Crippen LogP contribution >= 0.6 is 11.6 Å². The van der Waals surface area contributed by atoms with Gasteiger partial charge >= 0.3 is 0 Å². The van der Waals surface area contributed by atoms with Gasteiger partial charge in [0.05, 0.1) is 22.1 Å². The van der Waals surface area contributed by atoms with Crippen molar-refractivity contribution in [3.05, 3.63) is 40.7 Å². The normalized spacial score (nSPS) is 10.5. The van der Waals surface area contributed by atoms with E-state index in [1.165, 1.54) is 0 Å². The van der Waals surface area contributed by atoms with E-state index in [2.05, 4.69) is 5.10 Å². The summed E-state index contributed by atoms with van der Waals surface area (Å²) >= 11 is 5.99. The second-order valence-electron chi connectivity index (χ2n) is 3.79. The molecule has 0 saturated carbocycles. The third-order valence-corrected chi connectivity index (χ3v) is 2.93. The average Bonchev–Trinajstić information content (AvgIpc) is 2.56. The minimum atomic E-state index is 0.299. The Balaban J connectivity index is 2.13. The molecule has 0 aliphatic carbocycles. The van der Waals surface area contributed by atoms with Gasteiger partial charge in [-0.2, -0.15) is 5.10 Å². The first-order valence-corrected chi connectivity index (χ1v) is 5.64. The summed E-state index contributed by atoms with van der Waals surface area (Å²) in [6.07, 6.45) is 0. The number of halogens is 1. The van der Waals surface area contributed by atoms with Crippen LogP contribution in [0.2, 0.25) is 5.02 Å². The summed E-state index contributed by atoms with van der Waals surface area (Å²) in [6.45, 7) is 4.08. The monoisotopic (exact) mass is 251 g/mol. The molecule has 4 nitrogen and oxygen atoms in total. The second kappa shape index (κ2) is 4.67. The Morgan fingerprint density at radius 1 is 1.35 bits per heavy atom. The molecule has 1 aromatic carbocycles. The molecule has 5 heteroatoms. The maximum atomic E-state index is 5.99. The predicted molar refractivity (Wildman–Crippen MR) is 68.2 cm³/mol. The first-order valence-electron chi connectivity index (χ1n) is 5.26. The molecular weight excluding hydrogens is 238 g/mol. The number of hydrogen-bond acceptors (Lipinski definition) is 3. The van der Waals surface area contributed by atoms with Crippen molar-refractivity contribution in [1.29, 1.82) is 0 Å². The smallest absolute Gasteiger partial charge is 0.181 e. The van der Waals surface area contributed by atoms with Gasteiger partial charge in [0, 0.05) is 0 Å². The molecule has 0 saturated heterocycles. The van der Waals surface area contributed by atoms with Gasteiger partial charge in [0.25, 0.3) is 0 Å². The number of benzene rings is 1. The highest BCUT2D eigenvalue weighted by Crippen LogP contribution is 2.24. The molecule has 1 heterocycles. The summed E-state index contributed by atoms with van der Waals surface area (Å²) in [6, 6.07) is 7.33. The molecule has 0 aliphatic heterocycles. The molecule has 1 aromatic heterocycles. The Bertz CT molecular complexity index is 537. The lowest BCUT2D eigenvalue weighted by atomic mass is 10.3. The van der Waals surface area contributed by atoms with Gasteiger partial charge in [-0.3, -0.25) is 0 Å². The van der Waals surface area contributed by atoms with E-state index in [1.54, 1.807) is 10.7 Å². The maximum Gasteiger partial charge on any atom is 0.181 e. The molecule has 0 radical (unpaired) electrons. The molecule has 0 fully saturated rings. The first-order chi connectivity index (χ1) is 8.09. The molecule has 2 aromatic rings. The van der Waals surface area contributed by atoms with Crippen LogP contribution < -0.4 is 10.5 Å². The number of nitrogens with zero attached hydrogens (tertiary/aromatic N) is 2. The first kappa shape index (κ1) is 11.8. The van der Waals surface area contributed by atoms with Crippen molar-refractivity contribution in [3.8, 4) is 5.75 Å². The quantitative estimate of drug-likeness (QED) is 0.913. The fraction of sp³-hybridized carbons (Fsp3) is 0.250. The van der Waals surface area contributed by atoms with Crippen LogP contribution in [-0.2, 0) is 6.73 Å². The van der Waals surface area contributed by atoms with Crippen molar-refractivity contribution in [2.45, 2.75) is 20.6 Å². The third-order valence-electron chi connectivity index (χ3n) is 2.62. The van der Waals surface area contributed by atoms with Gasteiger partial charge in [0.2, 0.25) is 0 Å². The van der Waals surface area contributed by atoms with Crippen LogP contribution in [0.3, 0.4) is 0 Å². The molecule has 17 heavy (non-hydrogen) atoms. The Hall–Kier alpha value is -1.68. The van der Waals surface area contributed by atoms with E-state index in [0.717, 1.165) is 11.4 Å². The molecule has 0 bridgehead atoms. The Labute approximate surface area is 105 Å². The SMILES string of the molecule is Cc1nn(COc2ccccc2Cl)c(C)c1N. The van der Waals surface area contributed by atoms with E-state index in [0.29, 0.717) is 23.2 Å². The highest BCUT2D eigenvalue weighted by molar-refractivity contribution is 6.32. The summed E-state index contributed by atoms with van der Waals surface area (Å²) in [7, 11) is 0. The minimum Gasteiger partial charge on any atom is -0.470 e. The van der Waals surface area contributed by atoms with Gasteiger partial charge in [0.1, 0.15) is 5.75 Å². The summed E-state index contributed by atoms with van der Waals surface area (Å²) in [5.41, 5.74) is 8.25. The van der Waals surface area contributed by atoms with Gasteiger partial charge in [-0.15, -0.1) is 0 Å². The highest BCUT2D eigenvalue weighted by Gasteiger charge is 2.08. The fourth-order valence-electron chi connectivity index (χ4n) is 1.53. The van der Waals surface area contributed by atoms with Crippen LogP contribution in [-0.4, -0.2) is 9.78 Å². The lowest BCUT2D eigenvalue weighted by Crippen LogP contribution is -2.09. The van der Waals surface area contributed by atoms with E-state index in [4.69, 9.17) is 22.1 Å². The highest BCUT2D eigenvalue weighted by atomic mass is 35.5. The van der Waals surface area contributed by atoms with E-state index in [-0.39, 0.29) is 0 Å². The van der Waals surface area contributed by atoms with E-state index < -0.39 is 0 Å². The number of rotatable bonds is 3. The average molecular weight is 252 g/mol. The molecule has 0 atom stereocenters. The second-order valence-corrected chi connectivity index (χ2v) is 4.20. The van der Waals surface area contributed by atoms with Gasteiger partial charge in [-0.25, -0.2) is 4.68 Å². The predicted octanol–water partition coefficient (Wildman–Crippen LogP) is 2.77. The van der Waals surface area contributed by atoms with Crippen LogP contribution in [0.15, 0.2) is 24.3 Å². The summed E-state index contributed by atoms with van der Waals surface area (Å²) in [4.78, 5) is 0. The van der Waals surface area contributed by atoms with Gasteiger partial charge in [0.15, 0.2) is 6.73 Å². The molecule has 2 N–H and O–H groups in total. The molecule has 90 valence electrons. The zero-order chi connectivity index (χ0) is 12.4. The molecule has 2 rings (SSSR count). The van der Waals surface area contributed by atoms with Gasteiger partial charge in [-0.05, 0) is 26.0 Å². The summed E-state index contributed by atoms with van der Waals surface area (Å²) in [5, 5.41) is 4.86. The van der Waals surface area contributed by atoms with E-state index in [1.807, 2.05) is 32.0 Å². The zero-order valence-electron chi connectivity index (χ0n) is 9.77. The summed E-state index contributed by atoms with van der Waals surface area (Å²) < 4.78 is 7.30. The van der Waals surface area contributed by atoms with Crippen LogP contribution in [0.4, 0.5) is 5.69 Å². The Morgan fingerprint density at radius 3 is 2.65 bits per heavy atom. The number of hydrogen-bond donors (Lipinski definition) is 1. The van der Waals surface area contributed by atoms with Crippen molar-refractivity contribution >= 4 is 17.3 Å². The molecule has 0 unspecified atom stereocenters. The van der Waals surface area contributed by atoms with Crippen molar-refractivity contribution in [1.82, 2.24) is 9.78 Å². The third kappa shape index (κ3) is 2.36. The molecule has 0 spiro atoms. The number of ether oxygens (including phenoxy) is 1. The Morgan fingerprint density at radius 2 is 2.06 bits per heavy atom. The van der Waals surface area contributed by atoms with Crippen molar-refractivity contribution in [2.75, 3.05) is 5.73 Å². The number of aryl methyl sites for hydroxylation is 1. The summed E-state index contributed by atoms with van der Waals surface area (Å²) in [5.74, 6) is 0.639. The lowest BCUT2D eigenvalue weighted by Gasteiger charge is -2.08. The molecule has 0 aliphatic rings. The standard InChI is InChI=1S/C12H14ClN3O/c1-8-12(14)9(2)16(15-8)7-17-11-6-4-3-5-10(11)13/h3-6H,7,14H2,1-2H3. The van der Waals surface area contributed by atoms with Gasteiger partial charge in [-0.1, -0.05) is 23.7 Å². The lowest BCUT2D eigenvalue weighted by molar-refractivity contribution is 0.218. The number of nitrogens with two attached hydrogens (primary N) is 1. The van der Waals surface area contributed by atoms with Crippen LogP contribution in [0.1, 0.15) is 11.4 Å². The van der Waals surface area contributed by atoms with Crippen LogP contribution in [0.5, 0.6) is 5.75 Å². The molecule has 0 amide bonds. The van der Waals surface area contributed by atoms with Crippen LogP contribution in [0, 0.1) is 13.8 Å². The largest absolute Gasteiger partial charge is 0.470 e. The van der Waals surface area contributed by atoms with Crippen molar-refractivity contribution in [2.24, 2.45) is 0 Å². The van der Waals surface area contributed by atoms with Gasteiger partial charge < -0.3 is 10.5 Å². The zero-order valence-corrected chi connectivity index (χ0v) is 10.5. The number of nitrogen functional groups attached to an aromatic ring is 1. The Kier molecular flexibility index (Phi) is 3.24. The fourth-order valence-corrected chi connectivity index (χ4v) is 1.72. The number of aromatic nitrogens is 2. The van der Waals surface area contributed by atoms with Crippen molar-refractivity contribution < 1.29 is 4.74 Å². The van der Waals surface area contributed by atoms with E-state index >= 15 is 0 Å². The minimum absolute atomic E-state index is 0.299.